The fourth-order valence-electron chi connectivity index (χ4n) is 2.44. The lowest BCUT2D eigenvalue weighted by atomic mass is 9.93. The Hall–Kier alpha value is -0.890. The molecule has 0 aromatic heterocycles. The van der Waals surface area contributed by atoms with Gasteiger partial charge in [0.25, 0.3) is 0 Å². The van der Waals surface area contributed by atoms with E-state index in [0.29, 0.717) is 5.92 Å². The van der Waals surface area contributed by atoms with Crippen molar-refractivity contribution in [2.45, 2.75) is 38.1 Å². The summed E-state index contributed by atoms with van der Waals surface area (Å²) in [6.45, 7) is 0. The van der Waals surface area contributed by atoms with Crippen LogP contribution in [0, 0.1) is 11.7 Å². The molecule has 82 valence electrons. The molecule has 0 radical (unpaired) electrons. The number of nitrogens with two attached hydrogens (primary N) is 1. The summed E-state index contributed by atoms with van der Waals surface area (Å²) in [5, 5.41) is 0. The van der Waals surface area contributed by atoms with Gasteiger partial charge in [0.15, 0.2) is 0 Å². The average Bonchev–Trinajstić information content (AvgIpc) is 2.74. The maximum atomic E-state index is 12.7. The number of halogens is 1. The summed E-state index contributed by atoms with van der Waals surface area (Å²) < 4.78 is 12.7. The molecule has 0 spiro atoms. The first kappa shape index (κ1) is 10.6. The first-order valence-electron chi connectivity index (χ1n) is 5.76. The van der Waals surface area contributed by atoms with Crippen LogP contribution in [0.3, 0.4) is 0 Å². The van der Waals surface area contributed by atoms with Crippen LogP contribution in [0.1, 0.15) is 31.2 Å². The lowest BCUT2D eigenvalue weighted by Gasteiger charge is -2.18. The fourth-order valence-corrected chi connectivity index (χ4v) is 2.44. The molecule has 1 atom stereocenters. The molecule has 1 aliphatic rings. The maximum absolute atomic E-state index is 12.7. The van der Waals surface area contributed by atoms with Crippen LogP contribution >= 0.6 is 0 Å². The molecule has 1 saturated carbocycles. The molecule has 0 saturated heterocycles. The van der Waals surface area contributed by atoms with E-state index in [0.717, 1.165) is 12.0 Å². The van der Waals surface area contributed by atoms with Gasteiger partial charge in [-0.25, -0.2) is 4.39 Å². The first-order chi connectivity index (χ1) is 7.25. The largest absolute Gasteiger partial charge is 0.327 e. The summed E-state index contributed by atoms with van der Waals surface area (Å²) in [6, 6.07) is 6.94. The van der Waals surface area contributed by atoms with Gasteiger partial charge >= 0.3 is 0 Å². The van der Waals surface area contributed by atoms with Crippen molar-refractivity contribution in [3.8, 4) is 0 Å². The SMILES string of the molecule is NC(Cc1ccc(F)cc1)C1CCCC1. The summed E-state index contributed by atoms with van der Waals surface area (Å²) in [5.41, 5.74) is 7.30. The molecular weight excluding hydrogens is 189 g/mol. The first-order valence-corrected chi connectivity index (χ1v) is 5.76. The Labute approximate surface area is 90.5 Å². The predicted molar refractivity (Wildman–Crippen MR) is 60.0 cm³/mol. The van der Waals surface area contributed by atoms with E-state index in [1.54, 1.807) is 0 Å². The Bertz CT molecular complexity index is 301. The summed E-state index contributed by atoms with van der Waals surface area (Å²) in [4.78, 5) is 0. The van der Waals surface area contributed by atoms with Crippen LogP contribution in [-0.2, 0) is 6.42 Å². The van der Waals surface area contributed by atoms with Crippen molar-refractivity contribution >= 4 is 0 Å². The van der Waals surface area contributed by atoms with Gasteiger partial charge in [-0.3, -0.25) is 0 Å². The van der Waals surface area contributed by atoms with Gasteiger partial charge in [0.05, 0.1) is 0 Å². The van der Waals surface area contributed by atoms with Crippen LogP contribution in [0.4, 0.5) is 4.39 Å². The highest BCUT2D eigenvalue weighted by Crippen LogP contribution is 2.28. The lowest BCUT2D eigenvalue weighted by Crippen LogP contribution is -2.30. The van der Waals surface area contributed by atoms with Gasteiger partial charge in [0.1, 0.15) is 5.82 Å². The normalized spacial score (nSPS) is 19.3. The topological polar surface area (TPSA) is 26.0 Å². The molecule has 1 nitrogen and oxygen atoms in total. The smallest absolute Gasteiger partial charge is 0.123 e. The molecule has 1 aliphatic carbocycles. The summed E-state index contributed by atoms with van der Waals surface area (Å²) in [5.74, 6) is 0.503. The van der Waals surface area contributed by atoms with Crippen molar-refractivity contribution in [3.63, 3.8) is 0 Å². The number of rotatable bonds is 3. The number of hydrogen-bond donors (Lipinski definition) is 1. The van der Waals surface area contributed by atoms with Crippen LogP contribution in [0.2, 0.25) is 0 Å². The zero-order chi connectivity index (χ0) is 10.7. The van der Waals surface area contributed by atoms with Gasteiger partial charge in [-0.2, -0.15) is 0 Å². The van der Waals surface area contributed by atoms with E-state index < -0.39 is 0 Å². The quantitative estimate of drug-likeness (QED) is 0.810. The van der Waals surface area contributed by atoms with E-state index in [2.05, 4.69) is 0 Å². The van der Waals surface area contributed by atoms with Crippen molar-refractivity contribution in [1.82, 2.24) is 0 Å². The minimum absolute atomic E-state index is 0.173. The summed E-state index contributed by atoms with van der Waals surface area (Å²) >= 11 is 0. The second-order valence-corrected chi connectivity index (χ2v) is 4.54. The molecule has 2 N–H and O–H groups in total. The Morgan fingerprint density at radius 3 is 2.40 bits per heavy atom. The Morgan fingerprint density at radius 2 is 1.80 bits per heavy atom. The second-order valence-electron chi connectivity index (χ2n) is 4.54. The van der Waals surface area contributed by atoms with Gasteiger partial charge in [-0.15, -0.1) is 0 Å². The van der Waals surface area contributed by atoms with E-state index in [9.17, 15) is 4.39 Å². The standard InChI is InChI=1S/C13H18FN/c14-12-7-5-10(6-8-12)9-13(15)11-3-1-2-4-11/h5-8,11,13H,1-4,9,15H2. The Kier molecular flexibility index (Phi) is 3.37. The predicted octanol–water partition coefficient (Wildman–Crippen LogP) is 2.89. The minimum atomic E-state index is -0.173. The molecule has 1 aromatic carbocycles. The third kappa shape index (κ3) is 2.78. The third-order valence-electron chi connectivity index (χ3n) is 3.39. The molecule has 1 fully saturated rings. The second kappa shape index (κ2) is 4.75. The molecule has 1 unspecified atom stereocenters. The summed E-state index contributed by atoms with van der Waals surface area (Å²) in [6.07, 6.45) is 6.05. The molecular formula is C13H18FN. The molecule has 0 heterocycles. The molecule has 15 heavy (non-hydrogen) atoms. The van der Waals surface area contributed by atoms with Crippen molar-refractivity contribution in [2.24, 2.45) is 11.7 Å². The highest BCUT2D eigenvalue weighted by Gasteiger charge is 2.21. The van der Waals surface area contributed by atoms with Crippen LogP contribution in [-0.4, -0.2) is 6.04 Å². The van der Waals surface area contributed by atoms with Gasteiger partial charge < -0.3 is 5.73 Å². The van der Waals surface area contributed by atoms with Gasteiger partial charge in [-0.1, -0.05) is 25.0 Å². The van der Waals surface area contributed by atoms with Crippen molar-refractivity contribution in [1.29, 1.82) is 0 Å². The van der Waals surface area contributed by atoms with E-state index in [4.69, 9.17) is 5.73 Å². The minimum Gasteiger partial charge on any atom is -0.327 e. The molecule has 2 heteroatoms. The summed E-state index contributed by atoms with van der Waals surface area (Å²) in [7, 11) is 0. The molecule has 2 rings (SSSR count). The van der Waals surface area contributed by atoms with Gasteiger partial charge in [-0.05, 0) is 42.9 Å². The Balaban J connectivity index is 1.92. The number of benzene rings is 1. The molecule has 0 aliphatic heterocycles. The van der Waals surface area contributed by atoms with Gasteiger partial charge in [0.2, 0.25) is 0 Å². The van der Waals surface area contributed by atoms with Crippen molar-refractivity contribution in [3.05, 3.63) is 35.6 Å². The zero-order valence-corrected chi connectivity index (χ0v) is 8.95. The van der Waals surface area contributed by atoms with Crippen LogP contribution < -0.4 is 5.73 Å². The van der Waals surface area contributed by atoms with Crippen LogP contribution in [0.15, 0.2) is 24.3 Å². The lowest BCUT2D eigenvalue weighted by molar-refractivity contribution is 0.429. The Morgan fingerprint density at radius 1 is 1.20 bits per heavy atom. The van der Waals surface area contributed by atoms with Gasteiger partial charge in [0, 0.05) is 6.04 Å². The van der Waals surface area contributed by atoms with E-state index in [-0.39, 0.29) is 11.9 Å². The van der Waals surface area contributed by atoms with E-state index in [1.165, 1.54) is 37.8 Å². The van der Waals surface area contributed by atoms with Crippen molar-refractivity contribution < 1.29 is 4.39 Å². The van der Waals surface area contributed by atoms with E-state index >= 15 is 0 Å². The van der Waals surface area contributed by atoms with E-state index in [1.807, 2.05) is 12.1 Å². The highest BCUT2D eigenvalue weighted by atomic mass is 19.1. The molecule has 1 aromatic rings. The maximum Gasteiger partial charge on any atom is 0.123 e. The van der Waals surface area contributed by atoms with Crippen molar-refractivity contribution in [2.75, 3.05) is 0 Å². The molecule has 0 amide bonds. The molecule has 0 bridgehead atoms. The third-order valence-corrected chi connectivity index (χ3v) is 3.39. The van der Waals surface area contributed by atoms with Crippen LogP contribution in [0.5, 0.6) is 0 Å². The zero-order valence-electron chi connectivity index (χ0n) is 8.95. The average molecular weight is 207 g/mol. The monoisotopic (exact) mass is 207 g/mol. The number of hydrogen-bond acceptors (Lipinski definition) is 1. The fraction of sp³-hybridized carbons (Fsp3) is 0.538. The van der Waals surface area contributed by atoms with Crippen LogP contribution in [0.25, 0.3) is 0 Å². The highest BCUT2D eigenvalue weighted by molar-refractivity contribution is 5.17.